The van der Waals surface area contributed by atoms with Gasteiger partial charge in [0.1, 0.15) is 13.2 Å². The van der Waals surface area contributed by atoms with Gasteiger partial charge in [-0.05, 0) is 44.1 Å². The number of azide groups is 1. The molecule has 0 N–H and O–H groups in total. The van der Waals surface area contributed by atoms with Crippen LogP contribution in [0.1, 0.15) is 264 Å². The minimum Gasteiger partial charge on any atom is -0.462 e. The van der Waals surface area contributed by atoms with Crippen molar-refractivity contribution in [2.75, 3.05) is 13.2 Å². The number of carbonyl (C=O) groups is 3. The molecule has 0 radical (unpaired) electrons. The van der Waals surface area contributed by atoms with E-state index in [0.29, 0.717) is 19.3 Å². The van der Waals surface area contributed by atoms with Crippen LogP contribution in [0.3, 0.4) is 0 Å². The zero-order valence-corrected chi connectivity index (χ0v) is 38.7. The summed E-state index contributed by atoms with van der Waals surface area (Å²) in [5.74, 6) is -0.914. The maximum Gasteiger partial charge on any atom is 0.306 e. The number of nitrogens with zero attached hydrogens (tertiary/aromatic N) is 3. The Kier molecular flexibility index (Phi) is 44.5. The summed E-state index contributed by atoms with van der Waals surface area (Å²) in [5, 5.41) is 3.74. The van der Waals surface area contributed by atoms with E-state index in [2.05, 4.69) is 23.5 Å². The maximum atomic E-state index is 12.8. The van der Waals surface area contributed by atoms with Crippen molar-refractivity contribution in [3.63, 3.8) is 0 Å². The number of unbranched alkanes of at least 4 members (excludes halogenated alkanes) is 32. The largest absolute Gasteiger partial charge is 0.462 e. The summed E-state index contributed by atoms with van der Waals surface area (Å²) in [6, 6.07) is 0.109. The molecule has 0 bridgehead atoms. The van der Waals surface area contributed by atoms with Gasteiger partial charge in [0.05, 0.1) is 0 Å². The highest BCUT2D eigenvalue weighted by molar-refractivity contribution is 5.71. The van der Waals surface area contributed by atoms with E-state index in [0.717, 1.165) is 83.5 Å². The number of allylic oxidation sites excluding steroid dienone is 1. The Morgan fingerprint density at radius 2 is 0.831 bits per heavy atom. The Bertz CT molecular complexity index is 1020. The molecule has 0 amide bonds. The Labute approximate surface area is 363 Å². The average molecular weight is 832 g/mol. The van der Waals surface area contributed by atoms with Gasteiger partial charge < -0.3 is 14.2 Å². The molecule has 344 valence electrons. The lowest BCUT2D eigenvalue weighted by Crippen LogP contribution is -2.30. The Balaban J connectivity index is 4.25. The molecule has 0 aliphatic heterocycles. The molecule has 0 heterocycles. The van der Waals surface area contributed by atoms with Crippen molar-refractivity contribution in [2.45, 2.75) is 276 Å². The first-order valence-corrected chi connectivity index (χ1v) is 25.1. The van der Waals surface area contributed by atoms with Gasteiger partial charge in [0.15, 0.2) is 6.10 Å². The van der Waals surface area contributed by atoms with Gasteiger partial charge in [0.2, 0.25) is 0 Å². The van der Waals surface area contributed by atoms with E-state index >= 15 is 0 Å². The molecule has 2 unspecified atom stereocenters. The molecule has 59 heavy (non-hydrogen) atoms. The van der Waals surface area contributed by atoms with E-state index in [4.69, 9.17) is 19.7 Å². The molecule has 0 aromatic carbocycles. The fourth-order valence-corrected chi connectivity index (χ4v) is 7.58. The Morgan fingerprint density at radius 3 is 1.19 bits per heavy atom. The van der Waals surface area contributed by atoms with Crippen LogP contribution >= 0.6 is 0 Å². The fraction of sp³-hybridized carbons (Fsp3) is 0.900. The van der Waals surface area contributed by atoms with Crippen LogP contribution < -0.4 is 0 Å². The van der Waals surface area contributed by atoms with Crippen LogP contribution in [0.5, 0.6) is 0 Å². The van der Waals surface area contributed by atoms with Crippen LogP contribution in [-0.4, -0.2) is 43.3 Å². The van der Waals surface area contributed by atoms with E-state index in [9.17, 15) is 14.4 Å². The number of ether oxygens (including phenoxy) is 3. The van der Waals surface area contributed by atoms with Gasteiger partial charge in [-0.15, -0.1) is 6.58 Å². The topological polar surface area (TPSA) is 128 Å². The van der Waals surface area contributed by atoms with Gasteiger partial charge in [0.25, 0.3) is 0 Å². The predicted octanol–water partition coefficient (Wildman–Crippen LogP) is 16.1. The lowest BCUT2D eigenvalue weighted by atomic mass is 10.0. The van der Waals surface area contributed by atoms with Gasteiger partial charge in [-0.2, -0.15) is 0 Å². The molecule has 0 aliphatic rings. The molecule has 2 atom stereocenters. The molecule has 0 saturated heterocycles. The molecule has 9 nitrogen and oxygen atoms in total. The van der Waals surface area contributed by atoms with E-state index in [1.165, 1.54) is 148 Å². The summed E-state index contributed by atoms with van der Waals surface area (Å²) in [5.41, 5.74) is 8.48. The minimum absolute atomic E-state index is 0.0839. The number of hydrogen-bond donors (Lipinski definition) is 0. The molecular weight excluding hydrogens is 739 g/mol. The van der Waals surface area contributed by atoms with Crippen molar-refractivity contribution in [1.82, 2.24) is 0 Å². The monoisotopic (exact) mass is 832 g/mol. The molecule has 0 fully saturated rings. The van der Waals surface area contributed by atoms with E-state index in [1.807, 2.05) is 13.0 Å². The number of rotatable bonds is 47. The van der Waals surface area contributed by atoms with Crippen LogP contribution in [-0.2, 0) is 28.6 Å². The number of carbonyl (C=O) groups excluding carboxylic acids is 3. The molecule has 0 saturated carbocycles. The molecule has 0 aromatic heterocycles. The standard InChI is InChI=1S/C50H93N3O6/c1-4-6-8-10-12-14-15-16-17-20-23-26-30-34-38-42-49(55)58-45-47(44-57-48(54)41-37-33-29-13-11-9-7-5-2)59-50(56)43-39-35-31-27-24-21-18-19-22-25-28-32-36-40-46(3)52-53-51/h5,46-47H,2,4,6-45H2,1,3H3. The summed E-state index contributed by atoms with van der Waals surface area (Å²) in [6.07, 6.45) is 45.0. The van der Waals surface area contributed by atoms with Gasteiger partial charge in [0, 0.05) is 30.2 Å². The van der Waals surface area contributed by atoms with Crippen molar-refractivity contribution in [1.29, 1.82) is 0 Å². The van der Waals surface area contributed by atoms with Crippen LogP contribution in [0.2, 0.25) is 0 Å². The van der Waals surface area contributed by atoms with E-state index < -0.39 is 6.10 Å². The molecular formula is C50H93N3O6. The predicted molar refractivity (Wildman–Crippen MR) is 246 cm³/mol. The van der Waals surface area contributed by atoms with Crippen LogP contribution in [0.15, 0.2) is 17.8 Å². The first-order valence-electron chi connectivity index (χ1n) is 25.1. The number of esters is 3. The average Bonchev–Trinajstić information content (AvgIpc) is 3.22. The second-order valence-corrected chi connectivity index (χ2v) is 17.3. The van der Waals surface area contributed by atoms with E-state index in [-0.39, 0.29) is 37.2 Å². The molecule has 0 aliphatic carbocycles. The van der Waals surface area contributed by atoms with Gasteiger partial charge >= 0.3 is 17.9 Å². The Hall–Kier alpha value is -2.54. The minimum atomic E-state index is -0.783. The zero-order valence-electron chi connectivity index (χ0n) is 38.7. The lowest BCUT2D eigenvalue weighted by Gasteiger charge is -2.18. The highest BCUT2D eigenvalue weighted by Gasteiger charge is 2.19. The third-order valence-electron chi connectivity index (χ3n) is 11.4. The van der Waals surface area contributed by atoms with Gasteiger partial charge in [-0.25, -0.2) is 0 Å². The Morgan fingerprint density at radius 1 is 0.508 bits per heavy atom. The highest BCUT2D eigenvalue weighted by atomic mass is 16.6. The summed E-state index contributed by atoms with van der Waals surface area (Å²) >= 11 is 0. The van der Waals surface area contributed by atoms with Crippen molar-refractivity contribution in [3.8, 4) is 0 Å². The SMILES string of the molecule is C=CCCCCCCCCC(=O)OCC(COC(=O)CCCCCCCCCCCCCCCCC)OC(=O)CCCCCCCCCCCCCCCC(C)N=[N+]=[N-]. The zero-order chi connectivity index (χ0) is 43.1. The highest BCUT2D eigenvalue weighted by Crippen LogP contribution is 2.17. The first kappa shape index (κ1) is 56.5. The molecule has 0 spiro atoms. The first-order chi connectivity index (χ1) is 28.9. The second kappa shape index (κ2) is 46.5. The van der Waals surface area contributed by atoms with Crippen molar-refractivity contribution < 1.29 is 28.6 Å². The third kappa shape index (κ3) is 44.8. The normalized spacial score (nSPS) is 12.1. The molecule has 0 rings (SSSR count). The van der Waals surface area contributed by atoms with Crippen LogP contribution in [0.4, 0.5) is 0 Å². The van der Waals surface area contributed by atoms with Gasteiger partial charge in [-0.1, -0.05) is 218 Å². The van der Waals surface area contributed by atoms with Crippen molar-refractivity contribution >= 4 is 17.9 Å². The van der Waals surface area contributed by atoms with Crippen LogP contribution in [0.25, 0.3) is 10.4 Å². The lowest BCUT2D eigenvalue weighted by molar-refractivity contribution is -0.167. The maximum absolute atomic E-state index is 12.8. The van der Waals surface area contributed by atoms with Crippen LogP contribution in [0, 0.1) is 0 Å². The summed E-state index contributed by atoms with van der Waals surface area (Å²) in [4.78, 5) is 40.7. The van der Waals surface area contributed by atoms with Crippen molar-refractivity contribution in [3.05, 3.63) is 23.1 Å². The third-order valence-corrected chi connectivity index (χ3v) is 11.4. The van der Waals surface area contributed by atoms with Crippen molar-refractivity contribution in [2.24, 2.45) is 5.11 Å². The van der Waals surface area contributed by atoms with Gasteiger partial charge in [-0.3, -0.25) is 14.4 Å². The summed E-state index contributed by atoms with van der Waals surface area (Å²) in [6.45, 7) is 7.85. The summed E-state index contributed by atoms with van der Waals surface area (Å²) in [7, 11) is 0. The summed E-state index contributed by atoms with van der Waals surface area (Å²) < 4.78 is 16.7. The molecule has 9 heteroatoms. The van der Waals surface area contributed by atoms with E-state index in [1.54, 1.807) is 0 Å². The molecule has 0 aromatic rings. The number of hydrogen-bond acceptors (Lipinski definition) is 7. The smallest absolute Gasteiger partial charge is 0.306 e. The fourth-order valence-electron chi connectivity index (χ4n) is 7.58. The second-order valence-electron chi connectivity index (χ2n) is 17.3. The quantitative estimate of drug-likeness (QED) is 0.0114.